The van der Waals surface area contributed by atoms with E-state index >= 15 is 0 Å². The molecule has 0 N–H and O–H groups in total. The first kappa shape index (κ1) is 16.5. The molecule has 0 saturated heterocycles. The summed E-state index contributed by atoms with van der Waals surface area (Å²) in [5.41, 5.74) is 5.34. The third-order valence-electron chi connectivity index (χ3n) is 5.32. The Kier molecular flexibility index (Phi) is 4.35. The van der Waals surface area contributed by atoms with Gasteiger partial charge in [-0.05, 0) is 66.4 Å². The van der Waals surface area contributed by atoms with E-state index in [1.165, 1.54) is 39.9 Å². The SMILES string of the molecule is c1ccc(-p2c(-c3ccccn3)c3c(c2-c2ccccn2)CCCC3)cc1. The number of hydrogen-bond donors (Lipinski definition) is 0. The van der Waals surface area contributed by atoms with Crippen molar-refractivity contribution in [3.63, 3.8) is 0 Å². The molecule has 3 aromatic heterocycles. The molecule has 132 valence electrons. The quantitative estimate of drug-likeness (QED) is 0.404. The highest BCUT2D eigenvalue weighted by atomic mass is 31.1. The molecule has 0 amide bonds. The molecule has 1 aromatic carbocycles. The van der Waals surface area contributed by atoms with Crippen LogP contribution in [0.5, 0.6) is 0 Å². The van der Waals surface area contributed by atoms with Gasteiger partial charge in [-0.2, -0.15) is 0 Å². The van der Waals surface area contributed by atoms with Crippen LogP contribution < -0.4 is 0 Å². The third-order valence-corrected chi connectivity index (χ3v) is 8.02. The lowest BCUT2D eigenvalue weighted by Crippen LogP contribution is -2.01. The largest absolute Gasteiger partial charge is 0.256 e. The minimum absolute atomic E-state index is 0.636. The van der Waals surface area contributed by atoms with Gasteiger partial charge in [0.1, 0.15) is 0 Å². The lowest BCUT2D eigenvalue weighted by atomic mass is 9.91. The van der Waals surface area contributed by atoms with E-state index in [4.69, 9.17) is 9.97 Å². The number of benzene rings is 1. The van der Waals surface area contributed by atoms with Crippen molar-refractivity contribution < 1.29 is 0 Å². The van der Waals surface area contributed by atoms with Crippen LogP contribution in [0.2, 0.25) is 0 Å². The van der Waals surface area contributed by atoms with Gasteiger partial charge in [0.25, 0.3) is 0 Å². The van der Waals surface area contributed by atoms with E-state index in [0.29, 0.717) is 0 Å². The summed E-state index contributed by atoms with van der Waals surface area (Å²) in [6, 6.07) is 23.5. The average Bonchev–Trinajstić information content (AvgIpc) is 3.11. The molecule has 0 aliphatic heterocycles. The van der Waals surface area contributed by atoms with E-state index < -0.39 is 7.53 Å². The molecule has 0 saturated carbocycles. The fourth-order valence-electron chi connectivity index (χ4n) is 4.19. The molecule has 0 bridgehead atoms. The fourth-order valence-corrected chi connectivity index (χ4v) is 7.16. The second kappa shape index (κ2) is 7.13. The summed E-state index contributed by atoms with van der Waals surface area (Å²) < 4.78 is 0. The number of aromatic nitrogens is 2. The smallest absolute Gasteiger partial charge is 0.0747 e. The van der Waals surface area contributed by atoms with Crippen LogP contribution in [-0.2, 0) is 12.8 Å². The highest BCUT2D eigenvalue weighted by Gasteiger charge is 2.28. The highest BCUT2D eigenvalue weighted by Crippen LogP contribution is 2.61. The van der Waals surface area contributed by atoms with Crippen molar-refractivity contribution in [1.29, 1.82) is 0 Å². The average molecular weight is 368 g/mol. The van der Waals surface area contributed by atoms with Gasteiger partial charge in [-0.1, -0.05) is 50.0 Å². The van der Waals surface area contributed by atoms with Crippen LogP contribution in [0.4, 0.5) is 0 Å². The minimum Gasteiger partial charge on any atom is -0.256 e. The Hall–Kier alpha value is -2.70. The van der Waals surface area contributed by atoms with Crippen molar-refractivity contribution in [2.24, 2.45) is 0 Å². The standard InChI is InChI=1S/C24H21N2P/c1-2-10-18(11-3-1)27-23(21-14-6-8-16-25-21)19-12-4-5-13-20(19)24(27)22-15-7-9-17-26-22/h1-3,6-11,14-17H,4-5,12-13H2. The minimum atomic E-state index is -0.636. The molecule has 0 atom stereocenters. The van der Waals surface area contributed by atoms with Gasteiger partial charge in [-0.15, -0.1) is 0 Å². The summed E-state index contributed by atoms with van der Waals surface area (Å²) in [5, 5.41) is 4.29. The van der Waals surface area contributed by atoms with E-state index in [1.54, 1.807) is 0 Å². The maximum atomic E-state index is 4.77. The molecule has 4 aromatic rings. The molecule has 5 rings (SSSR count). The van der Waals surface area contributed by atoms with Crippen LogP contribution in [0.15, 0.2) is 79.1 Å². The lowest BCUT2D eigenvalue weighted by Gasteiger charge is -2.14. The summed E-state index contributed by atoms with van der Waals surface area (Å²) in [6.07, 6.45) is 8.68. The number of pyridine rings is 2. The Morgan fingerprint density at radius 3 is 1.59 bits per heavy atom. The number of nitrogens with zero attached hydrogens (tertiary/aromatic N) is 2. The van der Waals surface area contributed by atoms with Gasteiger partial charge in [0.15, 0.2) is 0 Å². The predicted molar refractivity (Wildman–Crippen MR) is 114 cm³/mol. The highest BCUT2D eigenvalue weighted by molar-refractivity contribution is 7.63. The Balaban J connectivity index is 1.89. The lowest BCUT2D eigenvalue weighted by molar-refractivity contribution is 0.691. The van der Waals surface area contributed by atoms with Gasteiger partial charge < -0.3 is 0 Å². The van der Waals surface area contributed by atoms with Crippen LogP contribution in [0.3, 0.4) is 0 Å². The summed E-state index contributed by atoms with van der Waals surface area (Å²) in [4.78, 5) is 9.53. The zero-order chi connectivity index (χ0) is 18.1. The Labute approximate surface area is 161 Å². The molecule has 2 nitrogen and oxygen atoms in total. The summed E-state index contributed by atoms with van der Waals surface area (Å²) >= 11 is 0. The normalized spacial score (nSPS) is 13.3. The number of fused-ring (bicyclic) bond motifs is 1. The van der Waals surface area contributed by atoms with E-state index in [9.17, 15) is 0 Å². The summed E-state index contributed by atoms with van der Waals surface area (Å²) in [7, 11) is -0.636. The molecular weight excluding hydrogens is 347 g/mol. The molecule has 1 aliphatic carbocycles. The Morgan fingerprint density at radius 2 is 1.11 bits per heavy atom. The van der Waals surface area contributed by atoms with Crippen LogP contribution in [0.25, 0.3) is 27.3 Å². The molecule has 3 heterocycles. The molecular formula is C24H21N2P. The summed E-state index contributed by atoms with van der Waals surface area (Å²) in [6.45, 7) is 0. The second-order valence-electron chi connectivity index (χ2n) is 6.96. The summed E-state index contributed by atoms with van der Waals surface area (Å²) in [5.74, 6) is 0. The van der Waals surface area contributed by atoms with Gasteiger partial charge in [0, 0.05) is 23.0 Å². The molecule has 1 aliphatic rings. The van der Waals surface area contributed by atoms with Gasteiger partial charge >= 0.3 is 0 Å². The molecule has 27 heavy (non-hydrogen) atoms. The zero-order valence-electron chi connectivity index (χ0n) is 15.2. The fraction of sp³-hybridized carbons (Fsp3) is 0.167. The van der Waals surface area contributed by atoms with Crippen molar-refractivity contribution in [3.05, 3.63) is 90.3 Å². The molecule has 0 spiro atoms. The first-order chi connectivity index (χ1) is 13.4. The van der Waals surface area contributed by atoms with E-state index in [-0.39, 0.29) is 0 Å². The van der Waals surface area contributed by atoms with Crippen molar-refractivity contribution >= 4 is 7.53 Å². The van der Waals surface area contributed by atoms with Crippen LogP contribution in [-0.4, -0.2) is 9.97 Å². The number of hydrogen-bond acceptors (Lipinski definition) is 2. The Morgan fingerprint density at radius 1 is 0.593 bits per heavy atom. The van der Waals surface area contributed by atoms with Crippen molar-refractivity contribution in [1.82, 2.24) is 9.97 Å². The van der Waals surface area contributed by atoms with Gasteiger partial charge in [-0.25, -0.2) is 0 Å². The molecule has 0 unspecified atom stereocenters. The molecule has 0 fully saturated rings. The van der Waals surface area contributed by atoms with Gasteiger partial charge in [0.2, 0.25) is 0 Å². The molecule has 3 heteroatoms. The zero-order valence-corrected chi connectivity index (χ0v) is 16.1. The van der Waals surface area contributed by atoms with Crippen molar-refractivity contribution in [3.8, 4) is 27.3 Å². The molecule has 0 radical (unpaired) electrons. The first-order valence-electron chi connectivity index (χ1n) is 9.58. The monoisotopic (exact) mass is 368 g/mol. The Bertz CT molecular complexity index is 987. The maximum Gasteiger partial charge on any atom is 0.0747 e. The topological polar surface area (TPSA) is 25.8 Å². The van der Waals surface area contributed by atoms with Gasteiger partial charge in [0.05, 0.1) is 11.4 Å². The predicted octanol–water partition coefficient (Wildman–Crippen LogP) is 6.67. The van der Waals surface area contributed by atoms with Crippen LogP contribution in [0.1, 0.15) is 24.0 Å². The first-order valence-corrected chi connectivity index (χ1v) is 10.9. The third kappa shape index (κ3) is 2.91. The van der Waals surface area contributed by atoms with Crippen LogP contribution >= 0.6 is 7.53 Å². The van der Waals surface area contributed by atoms with Crippen molar-refractivity contribution in [2.75, 3.05) is 0 Å². The van der Waals surface area contributed by atoms with Gasteiger partial charge in [-0.3, -0.25) is 9.97 Å². The van der Waals surface area contributed by atoms with E-state index in [2.05, 4.69) is 54.6 Å². The number of rotatable bonds is 3. The van der Waals surface area contributed by atoms with E-state index in [1.807, 2.05) is 24.5 Å². The van der Waals surface area contributed by atoms with Crippen LogP contribution in [0, 0.1) is 0 Å². The van der Waals surface area contributed by atoms with E-state index in [0.717, 1.165) is 24.2 Å². The van der Waals surface area contributed by atoms with Crippen molar-refractivity contribution in [2.45, 2.75) is 25.7 Å². The maximum absolute atomic E-state index is 4.77. The second-order valence-corrected chi connectivity index (χ2v) is 9.04.